The molecule has 0 N–H and O–H groups in total. The van der Waals surface area contributed by atoms with Crippen molar-refractivity contribution < 1.29 is 4.79 Å². The first-order valence-electron chi connectivity index (χ1n) is 4.70. The van der Waals surface area contributed by atoms with Gasteiger partial charge < -0.3 is 4.90 Å². The summed E-state index contributed by atoms with van der Waals surface area (Å²) in [6.45, 7) is 2.73. The van der Waals surface area contributed by atoms with Gasteiger partial charge in [-0.15, -0.1) is 0 Å². The maximum absolute atomic E-state index is 11.7. The van der Waals surface area contributed by atoms with Crippen LogP contribution in [0.3, 0.4) is 0 Å². The van der Waals surface area contributed by atoms with Crippen LogP contribution in [0.5, 0.6) is 0 Å². The van der Waals surface area contributed by atoms with Crippen LogP contribution >= 0.6 is 0 Å². The molecule has 0 radical (unpaired) electrons. The minimum atomic E-state index is 0.0809. The topological polar surface area (TPSA) is 32.7 Å². The van der Waals surface area contributed by atoms with Crippen LogP contribution in [-0.2, 0) is 4.79 Å². The maximum Gasteiger partial charge on any atom is 0.183 e. The Balaban J connectivity index is 2.69. The summed E-state index contributed by atoms with van der Waals surface area (Å²) in [6.07, 6.45) is 6.87. The van der Waals surface area contributed by atoms with Crippen molar-refractivity contribution in [1.82, 2.24) is 4.90 Å². The summed E-state index contributed by atoms with van der Waals surface area (Å²) in [5.74, 6) is 0.316. The van der Waals surface area contributed by atoms with Crippen LogP contribution in [0.1, 0.15) is 6.92 Å². The predicted molar refractivity (Wildman–Crippen MR) is 58.4 cm³/mol. The lowest BCUT2D eigenvalue weighted by Crippen LogP contribution is -2.15. The van der Waals surface area contributed by atoms with Gasteiger partial charge in [-0.2, -0.15) is 0 Å². The highest BCUT2D eigenvalue weighted by Gasteiger charge is 2.15. The molecule has 1 aliphatic heterocycles. The van der Waals surface area contributed by atoms with Gasteiger partial charge in [0.2, 0.25) is 0 Å². The van der Waals surface area contributed by atoms with Crippen LogP contribution in [0.2, 0.25) is 0 Å². The number of aliphatic imine (C=N–C) groups is 1. The standard InChI is InChI=1S/C11H16N2O/c1-9-8-12-6-4-10(9)11(14)5-7-13(2)3/h4-7,9H,8H2,1-3H3/b7-5+. The van der Waals surface area contributed by atoms with E-state index in [1.807, 2.05) is 25.9 Å². The zero-order valence-corrected chi connectivity index (χ0v) is 8.90. The second kappa shape index (κ2) is 4.74. The van der Waals surface area contributed by atoms with Gasteiger partial charge in [-0.1, -0.05) is 6.92 Å². The molecule has 3 heteroatoms. The van der Waals surface area contributed by atoms with Crippen molar-refractivity contribution >= 4 is 12.0 Å². The van der Waals surface area contributed by atoms with E-state index in [1.54, 1.807) is 24.6 Å². The summed E-state index contributed by atoms with van der Waals surface area (Å²) in [5, 5.41) is 0. The molecule has 0 saturated heterocycles. The molecule has 3 nitrogen and oxygen atoms in total. The fraction of sp³-hybridized carbons (Fsp3) is 0.455. The van der Waals surface area contributed by atoms with Crippen LogP contribution < -0.4 is 0 Å². The Labute approximate surface area is 84.8 Å². The smallest absolute Gasteiger partial charge is 0.183 e. The highest BCUT2D eigenvalue weighted by atomic mass is 16.1. The molecule has 0 spiro atoms. The second-order valence-corrected chi connectivity index (χ2v) is 3.68. The number of carbonyl (C=O) groups excluding carboxylic acids is 1. The number of hydrogen-bond acceptors (Lipinski definition) is 3. The fourth-order valence-electron chi connectivity index (χ4n) is 1.25. The molecule has 1 unspecified atom stereocenters. The van der Waals surface area contributed by atoms with Crippen molar-refractivity contribution in [3.8, 4) is 0 Å². The molecule has 1 rings (SSSR count). The summed E-state index contributed by atoms with van der Waals surface area (Å²) in [5.41, 5.74) is 0.845. The molecule has 1 atom stereocenters. The van der Waals surface area contributed by atoms with Crippen molar-refractivity contribution in [2.75, 3.05) is 20.6 Å². The molecular weight excluding hydrogens is 176 g/mol. The number of allylic oxidation sites excluding steroid dienone is 2. The zero-order chi connectivity index (χ0) is 10.6. The summed E-state index contributed by atoms with van der Waals surface area (Å²) < 4.78 is 0. The summed E-state index contributed by atoms with van der Waals surface area (Å²) in [6, 6.07) is 0. The van der Waals surface area contributed by atoms with E-state index in [9.17, 15) is 4.79 Å². The fourth-order valence-corrected chi connectivity index (χ4v) is 1.25. The van der Waals surface area contributed by atoms with E-state index in [1.165, 1.54) is 0 Å². The second-order valence-electron chi connectivity index (χ2n) is 3.68. The Morgan fingerprint density at radius 1 is 1.64 bits per heavy atom. The molecule has 0 aromatic heterocycles. The third-order valence-electron chi connectivity index (χ3n) is 2.08. The minimum absolute atomic E-state index is 0.0809. The molecule has 76 valence electrons. The highest BCUT2D eigenvalue weighted by Crippen LogP contribution is 2.15. The van der Waals surface area contributed by atoms with Gasteiger partial charge in [0.1, 0.15) is 0 Å². The van der Waals surface area contributed by atoms with Crippen LogP contribution in [0, 0.1) is 5.92 Å². The number of nitrogens with zero attached hydrogens (tertiary/aromatic N) is 2. The van der Waals surface area contributed by atoms with Gasteiger partial charge in [-0.05, 0) is 6.08 Å². The van der Waals surface area contributed by atoms with E-state index in [4.69, 9.17) is 0 Å². The SMILES string of the molecule is CC1CN=CC=C1C(=O)/C=C/N(C)C. The number of ketones is 1. The van der Waals surface area contributed by atoms with Crippen LogP contribution in [0.15, 0.2) is 28.9 Å². The van der Waals surface area contributed by atoms with Crippen molar-refractivity contribution in [2.45, 2.75) is 6.92 Å². The third-order valence-corrected chi connectivity index (χ3v) is 2.08. The predicted octanol–water partition coefficient (Wildman–Crippen LogP) is 1.28. The van der Waals surface area contributed by atoms with Crippen LogP contribution in [0.25, 0.3) is 0 Å². The first-order valence-corrected chi connectivity index (χ1v) is 4.70. The molecule has 0 aromatic rings. The molecule has 1 heterocycles. The van der Waals surface area contributed by atoms with E-state index >= 15 is 0 Å². The number of rotatable bonds is 3. The molecule has 0 amide bonds. The van der Waals surface area contributed by atoms with E-state index in [-0.39, 0.29) is 11.7 Å². The Bertz CT molecular complexity index is 300. The van der Waals surface area contributed by atoms with Crippen molar-refractivity contribution in [3.63, 3.8) is 0 Å². The van der Waals surface area contributed by atoms with Gasteiger partial charge in [-0.3, -0.25) is 9.79 Å². The quantitative estimate of drug-likeness (QED) is 0.631. The largest absolute Gasteiger partial charge is 0.383 e. The van der Waals surface area contributed by atoms with Crippen LogP contribution in [-0.4, -0.2) is 37.5 Å². The monoisotopic (exact) mass is 192 g/mol. The molecule has 14 heavy (non-hydrogen) atoms. The number of dihydropyridines is 1. The first-order chi connectivity index (χ1) is 6.61. The Kier molecular flexibility index (Phi) is 3.63. The molecule has 0 aromatic carbocycles. The maximum atomic E-state index is 11.7. The summed E-state index contributed by atoms with van der Waals surface area (Å²) in [7, 11) is 3.79. The average Bonchev–Trinajstić information content (AvgIpc) is 2.15. The lowest BCUT2D eigenvalue weighted by atomic mass is 9.95. The van der Waals surface area contributed by atoms with Gasteiger partial charge >= 0.3 is 0 Å². The van der Waals surface area contributed by atoms with E-state index in [0.717, 1.165) is 5.57 Å². The first kappa shape index (κ1) is 10.7. The third kappa shape index (κ3) is 2.83. The van der Waals surface area contributed by atoms with E-state index < -0.39 is 0 Å². The molecule has 0 aliphatic carbocycles. The minimum Gasteiger partial charge on any atom is -0.383 e. The Hall–Kier alpha value is -1.38. The van der Waals surface area contributed by atoms with Crippen molar-refractivity contribution in [3.05, 3.63) is 23.9 Å². The van der Waals surface area contributed by atoms with Crippen molar-refractivity contribution in [2.24, 2.45) is 10.9 Å². The zero-order valence-electron chi connectivity index (χ0n) is 8.90. The van der Waals surface area contributed by atoms with E-state index in [0.29, 0.717) is 6.54 Å². The van der Waals surface area contributed by atoms with Gasteiger partial charge in [0, 0.05) is 50.6 Å². The molecule has 1 aliphatic rings. The number of carbonyl (C=O) groups is 1. The van der Waals surface area contributed by atoms with Gasteiger partial charge in [0.25, 0.3) is 0 Å². The molecule has 0 saturated carbocycles. The van der Waals surface area contributed by atoms with Gasteiger partial charge in [0.05, 0.1) is 0 Å². The number of hydrogen-bond donors (Lipinski definition) is 0. The average molecular weight is 192 g/mol. The van der Waals surface area contributed by atoms with Crippen molar-refractivity contribution in [1.29, 1.82) is 0 Å². The summed E-state index contributed by atoms with van der Waals surface area (Å²) >= 11 is 0. The van der Waals surface area contributed by atoms with Gasteiger partial charge in [-0.25, -0.2) is 0 Å². The normalized spacial score (nSPS) is 21.1. The molecule has 0 bridgehead atoms. The molecular formula is C11H16N2O. The molecule has 0 fully saturated rings. The van der Waals surface area contributed by atoms with Gasteiger partial charge in [0.15, 0.2) is 5.78 Å². The lowest BCUT2D eigenvalue weighted by molar-refractivity contribution is -0.111. The summed E-state index contributed by atoms with van der Waals surface area (Å²) in [4.78, 5) is 17.6. The van der Waals surface area contributed by atoms with Crippen LogP contribution in [0.4, 0.5) is 0 Å². The Morgan fingerprint density at radius 2 is 2.36 bits per heavy atom. The van der Waals surface area contributed by atoms with E-state index in [2.05, 4.69) is 4.99 Å². The highest BCUT2D eigenvalue weighted by molar-refractivity contribution is 6.06. The lowest BCUT2D eigenvalue weighted by Gasteiger charge is -2.13. The Morgan fingerprint density at radius 3 is 2.93 bits per heavy atom.